The van der Waals surface area contributed by atoms with E-state index in [1.54, 1.807) is 18.2 Å². The summed E-state index contributed by atoms with van der Waals surface area (Å²) in [7, 11) is 0. The van der Waals surface area contributed by atoms with Crippen LogP contribution in [0.3, 0.4) is 0 Å². The number of carbonyl (C=O) groups is 1. The number of nitrogens with one attached hydrogen (secondary N) is 1. The highest BCUT2D eigenvalue weighted by Gasteiger charge is 2.16. The summed E-state index contributed by atoms with van der Waals surface area (Å²) in [5, 5.41) is 2.92. The number of hydrogen-bond donors (Lipinski definition) is 1. The van der Waals surface area contributed by atoms with Crippen LogP contribution in [0, 0.1) is 5.82 Å². The normalized spacial score (nSPS) is 10.8. The van der Waals surface area contributed by atoms with Crippen molar-refractivity contribution in [2.45, 2.75) is 13.5 Å². The molecule has 3 rings (SSSR count). The van der Waals surface area contributed by atoms with Crippen LogP contribution in [0.15, 0.2) is 57.9 Å². The van der Waals surface area contributed by atoms with Gasteiger partial charge in [-0.1, -0.05) is 28.1 Å². The predicted molar refractivity (Wildman–Crippen MR) is 95.9 cm³/mol. The molecule has 6 heteroatoms. The van der Waals surface area contributed by atoms with Gasteiger partial charge >= 0.3 is 0 Å². The zero-order valence-corrected chi connectivity index (χ0v) is 14.4. The summed E-state index contributed by atoms with van der Waals surface area (Å²) >= 11 is 3.16. The molecule has 1 amide bonds. The summed E-state index contributed by atoms with van der Waals surface area (Å²) in [4.78, 5) is 25.1. The molecule has 2 aromatic carbocycles. The molecule has 3 aromatic rings. The van der Waals surface area contributed by atoms with Crippen molar-refractivity contribution in [1.29, 1.82) is 0 Å². The van der Waals surface area contributed by atoms with Crippen LogP contribution in [0.25, 0.3) is 10.9 Å². The summed E-state index contributed by atoms with van der Waals surface area (Å²) in [6.07, 6.45) is 1.51. The van der Waals surface area contributed by atoms with Crippen LogP contribution in [-0.2, 0) is 6.54 Å². The van der Waals surface area contributed by atoms with Crippen molar-refractivity contribution in [3.63, 3.8) is 0 Å². The highest BCUT2D eigenvalue weighted by molar-refractivity contribution is 9.10. The predicted octanol–water partition coefficient (Wildman–Crippen LogP) is 4.18. The van der Waals surface area contributed by atoms with Gasteiger partial charge in [-0.25, -0.2) is 4.39 Å². The molecule has 122 valence electrons. The van der Waals surface area contributed by atoms with Gasteiger partial charge in [-0.05, 0) is 37.3 Å². The Morgan fingerprint density at radius 1 is 1.25 bits per heavy atom. The third kappa shape index (κ3) is 2.97. The average molecular weight is 389 g/mol. The lowest BCUT2D eigenvalue weighted by Crippen LogP contribution is -2.24. The maximum absolute atomic E-state index is 13.9. The van der Waals surface area contributed by atoms with Gasteiger partial charge in [0.05, 0.1) is 11.2 Å². The van der Waals surface area contributed by atoms with Crippen LogP contribution in [0.1, 0.15) is 17.3 Å². The molecule has 1 aromatic heterocycles. The smallest absolute Gasteiger partial charge is 0.261 e. The molecule has 0 spiro atoms. The van der Waals surface area contributed by atoms with Gasteiger partial charge in [0, 0.05) is 22.6 Å². The van der Waals surface area contributed by atoms with Crippen LogP contribution < -0.4 is 10.7 Å². The van der Waals surface area contributed by atoms with Gasteiger partial charge in [-0.2, -0.15) is 0 Å². The first-order valence-corrected chi connectivity index (χ1v) is 8.19. The number of carbonyl (C=O) groups excluding carboxylic acids is 1. The average Bonchev–Trinajstić information content (AvgIpc) is 2.58. The van der Waals surface area contributed by atoms with Crippen molar-refractivity contribution >= 4 is 38.4 Å². The molecule has 0 aliphatic rings. The van der Waals surface area contributed by atoms with E-state index in [0.717, 1.165) is 5.52 Å². The maximum atomic E-state index is 13.9. The first kappa shape index (κ1) is 16.4. The van der Waals surface area contributed by atoms with Crippen molar-refractivity contribution in [3.8, 4) is 0 Å². The monoisotopic (exact) mass is 388 g/mol. The lowest BCUT2D eigenvalue weighted by Gasteiger charge is -2.12. The summed E-state index contributed by atoms with van der Waals surface area (Å²) < 4.78 is 16.3. The van der Waals surface area contributed by atoms with Crippen LogP contribution in [0.4, 0.5) is 10.1 Å². The van der Waals surface area contributed by atoms with E-state index in [4.69, 9.17) is 0 Å². The molecule has 1 N–H and O–H groups in total. The second-order valence-corrected chi connectivity index (χ2v) is 6.17. The molecule has 0 unspecified atom stereocenters. The molecule has 1 heterocycles. The third-order valence-corrected chi connectivity index (χ3v) is 4.25. The van der Waals surface area contributed by atoms with Crippen LogP contribution in [-0.4, -0.2) is 10.5 Å². The van der Waals surface area contributed by atoms with E-state index in [-0.39, 0.29) is 16.7 Å². The van der Waals surface area contributed by atoms with Crippen LogP contribution in [0.5, 0.6) is 0 Å². The lowest BCUT2D eigenvalue weighted by molar-refractivity contribution is 0.102. The second kappa shape index (κ2) is 6.57. The molecule has 0 radical (unpaired) electrons. The standard InChI is InChI=1S/C18H14BrFN2O2/c1-2-22-10-13(17(23)12-5-3-4-6-16(12)22)18(24)21-15-8-7-11(19)9-14(15)20/h3-10H,2H2,1H3,(H,21,24). The summed E-state index contributed by atoms with van der Waals surface area (Å²) in [5.74, 6) is -1.21. The van der Waals surface area contributed by atoms with E-state index in [0.29, 0.717) is 16.4 Å². The number of rotatable bonds is 3. The number of para-hydroxylation sites is 1. The molecular weight excluding hydrogens is 375 g/mol. The number of benzene rings is 2. The minimum atomic E-state index is -0.630. The summed E-state index contributed by atoms with van der Waals surface area (Å²) in [6.45, 7) is 2.53. The van der Waals surface area contributed by atoms with Crippen LogP contribution in [0.2, 0.25) is 0 Å². The molecular formula is C18H14BrFN2O2. The highest BCUT2D eigenvalue weighted by atomic mass is 79.9. The molecule has 0 saturated carbocycles. The van der Waals surface area contributed by atoms with E-state index in [2.05, 4.69) is 21.2 Å². The molecule has 24 heavy (non-hydrogen) atoms. The van der Waals surface area contributed by atoms with Crippen molar-refractivity contribution in [1.82, 2.24) is 4.57 Å². The van der Waals surface area contributed by atoms with Gasteiger partial charge in [-0.3, -0.25) is 9.59 Å². The number of amides is 1. The minimum Gasteiger partial charge on any atom is -0.347 e. The van der Waals surface area contributed by atoms with Crippen molar-refractivity contribution in [3.05, 3.63) is 74.7 Å². The Labute approximate surface area is 146 Å². The fraction of sp³-hybridized carbons (Fsp3) is 0.111. The Balaban J connectivity index is 2.07. The fourth-order valence-corrected chi connectivity index (χ4v) is 2.88. The van der Waals surface area contributed by atoms with E-state index in [1.807, 2.05) is 23.6 Å². The Morgan fingerprint density at radius 2 is 2.00 bits per heavy atom. The van der Waals surface area contributed by atoms with Crippen LogP contribution >= 0.6 is 15.9 Å². The topological polar surface area (TPSA) is 51.1 Å². The van der Waals surface area contributed by atoms with Gasteiger partial charge in [-0.15, -0.1) is 0 Å². The van der Waals surface area contributed by atoms with Crippen molar-refractivity contribution in [2.75, 3.05) is 5.32 Å². The number of anilines is 1. The van der Waals surface area contributed by atoms with E-state index in [9.17, 15) is 14.0 Å². The fourth-order valence-electron chi connectivity index (χ4n) is 2.55. The number of halogens is 2. The number of aryl methyl sites for hydroxylation is 1. The lowest BCUT2D eigenvalue weighted by atomic mass is 10.1. The van der Waals surface area contributed by atoms with Gasteiger partial charge in [0.1, 0.15) is 11.4 Å². The highest BCUT2D eigenvalue weighted by Crippen LogP contribution is 2.20. The molecule has 0 bridgehead atoms. The van der Waals surface area contributed by atoms with Gasteiger partial charge < -0.3 is 9.88 Å². The Kier molecular flexibility index (Phi) is 4.49. The Hall–Kier alpha value is -2.47. The summed E-state index contributed by atoms with van der Waals surface area (Å²) in [5.41, 5.74) is 0.401. The zero-order valence-electron chi connectivity index (χ0n) is 12.8. The number of fused-ring (bicyclic) bond motifs is 1. The maximum Gasteiger partial charge on any atom is 0.261 e. The molecule has 0 aliphatic carbocycles. The number of aromatic nitrogens is 1. The van der Waals surface area contributed by atoms with Crippen molar-refractivity contribution < 1.29 is 9.18 Å². The molecule has 0 aliphatic heterocycles. The SMILES string of the molecule is CCn1cc(C(=O)Nc2ccc(Br)cc2F)c(=O)c2ccccc21. The zero-order chi connectivity index (χ0) is 17.3. The molecule has 0 atom stereocenters. The third-order valence-electron chi connectivity index (χ3n) is 3.75. The van der Waals surface area contributed by atoms with Crippen molar-refractivity contribution in [2.24, 2.45) is 0 Å². The van der Waals surface area contributed by atoms with Gasteiger partial charge in [0.15, 0.2) is 0 Å². The van der Waals surface area contributed by atoms with E-state index < -0.39 is 11.7 Å². The van der Waals surface area contributed by atoms with Gasteiger partial charge in [0.25, 0.3) is 5.91 Å². The number of nitrogens with zero attached hydrogens (tertiary/aromatic N) is 1. The number of pyridine rings is 1. The molecule has 0 fully saturated rings. The first-order chi connectivity index (χ1) is 11.5. The van der Waals surface area contributed by atoms with E-state index >= 15 is 0 Å². The Bertz CT molecular complexity index is 998. The first-order valence-electron chi connectivity index (χ1n) is 7.40. The minimum absolute atomic E-state index is 0.0159. The van der Waals surface area contributed by atoms with E-state index in [1.165, 1.54) is 18.3 Å². The van der Waals surface area contributed by atoms with Gasteiger partial charge in [0.2, 0.25) is 5.43 Å². The molecule has 0 saturated heterocycles. The largest absolute Gasteiger partial charge is 0.347 e. The Morgan fingerprint density at radius 3 is 2.71 bits per heavy atom. The quantitative estimate of drug-likeness (QED) is 0.731. The molecule has 4 nitrogen and oxygen atoms in total. The number of hydrogen-bond acceptors (Lipinski definition) is 2. The summed E-state index contributed by atoms with van der Waals surface area (Å²) in [6, 6.07) is 11.4. The second-order valence-electron chi connectivity index (χ2n) is 5.25.